The molecule has 30 heavy (non-hydrogen) atoms. The molecule has 0 bridgehead atoms. The van der Waals surface area contributed by atoms with Crippen LogP contribution in [0.25, 0.3) is 5.69 Å². The van der Waals surface area contributed by atoms with Gasteiger partial charge in [-0.15, -0.1) is 0 Å². The van der Waals surface area contributed by atoms with Crippen LogP contribution < -0.4 is 10.5 Å². The molecule has 0 radical (unpaired) electrons. The van der Waals surface area contributed by atoms with Crippen LogP contribution in [0, 0.1) is 5.82 Å². The number of carbonyl (C=O) groups excluding carboxylic acids is 2. The zero-order valence-corrected chi connectivity index (χ0v) is 16.9. The number of nitrogen functional groups attached to an aromatic ring is 1. The number of ether oxygens (including phenoxy) is 2. The van der Waals surface area contributed by atoms with Gasteiger partial charge in [-0.1, -0.05) is 12.1 Å². The minimum atomic E-state index is -0.611. The first-order chi connectivity index (χ1) is 14.1. The number of halogens is 1. The molecule has 2 N–H and O–H groups in total. The summed E-state index contributed by atoms with van der Waals surface area (Å²) >= 11 is 0. The number of aromatic nitrogens is 2. The molecule has 156 valence electrons. The molecule has 0 unspecified atom stereocenters. The maximum absolute atomic E-state index is 13.1. The third-order valence-electron chi connectivity index (χ3n) is 4.00. The van der Waals surface area contributed by atoms with E-state index in [-0.39, 0.29) is 29.6 Å². The lowest BCUT2D eigenvalue weighted by molar-refractivity contribution is -0.157. The Morgan fingerprint density at radius 2 is 1.83 bits per heavy atom. The average Bonchev–Trinajstić information content (AvgIpc) is 3.07. The van der Waals surface area contributed by atoms with Gasteiger partial charge in [0.1, 0.15) is 23.0 Å². The fraction of sp³-hybridized carbons (Fsp3) is 0.227. The highest BCUT2D eigenvalue weighted by Gasteiger charge is 2.19. The Morgan fingerprint density at radius 3 is 2.50 bits per heavy atom. The maximum atomic E-state index is 13.1. The molecule has 0 atom stereocenters. The summed E-state index contributed by atoms with van der Waals surface area (Å²) in [6.45, 7) is 5.02. The van der Waals surface area contributed by atoms with Gasteiger partial charge in [0.25, 0.3) is 0 Å². The van der Waals surface area contributed by atoms with Gasteiger partial charge in [-0.25, -0.2) is 13.9 Å². The molecule has 3 aromatic rings. The van der Waals surface area contributed by atoms with E-state index in [0.717, 1.165) is 0 Å². The Balaban J connectivity index is 1.75. The maximum Gasteiger partial charge on any atom is 0.344 e. The van der Waals surface area contributed by atoms with Crippen LogP contribution in [0.2, 0.25) is 0 Å². The van der Waals surface area contributed by atoms with Crippen LogP contribution in [0.1, 0.15) is 36.7 Å². The number of benzene rings is 2. The van der Waals surface area contributed by atoms with Crippen molar-refractivity contribution in [3.05, 3.63) is 71.7 Å². The normalized spacial score (nSPS) is 11.2. The topological polar surface area (TPSA) is 96.4 Å². The molecule has 1 heterocycles. The third kappa shape index (κ3) is 5.02. The van der Waals surface area contributed by atoms with Crippen LogP contribution >= 0.6 is 0 Å². The number of hydrogen-bond donors (Lipinski definition) is 1. The molecule has 0 amide bonds. The predicted molar refractivity (Wildman–Crippen MR) is 109 cm³/mol. The van der Waals surface area contributed by atoms with Gasteiger partial charge in [0.05, 0.1) is 17.4 Å². The summed E-state index contributed by atoms with van der Waals surface area (Å²) in [6.07, 6.45) is 1.36. The van der Waals surface area contributed by atoms with Gasteiger partial charge in [-0.05, 0) is 57.2 Å². The van der Waals surface area contributed by atoms with Crippen molar-refractivity contribution in [2.45, 2.75) is 26.4 Å². The Labute approximate surface area is 173 Å². The summed E-state index contributed by atoms with van der Waals surface area (Å²) in [7, 11) is 0. The second-order valence-corrected chi connectivity index (χ2v) is 7.56. The highest BCUT2D eigenvalue weighted by atomic mass is 19.1. The number of nitrogens with zero attached hydrogens (tertiary/aromatic N) is 2. The van der Waals surface area contributed by atoms with Gasteiger partial charge in [0, 0.05) is 5.56 Å². The number of nitrogens with two attached hydrogens (primary N) is 1. The van der Waals surface area contributed by atoms with E-state index >= 15 is 0 Å². The molecular formula is C22H22FN3O4. The standard InChI is InChI=1S/C22H22FN3O4/c1-22(2,3)30-19(27)13-29-17-6-4-5-14(11-17)20(28)18-12-25-26(21(18)24)16-9-7-15(23)8-10-16/h4-12H,13,24H2,1-3H3. The molecule has 0 saturated heterocycles. The SMILES string of the molecule is CC(C)(C)OC(=O)COc1cccc(C(=O)c2cnn(-c3ccc(F)cc3)c2N)c1. The number of esters is 1. The third-order valence-corrected chi connectivity index (χ3v) is 4.00. The molecule has 3 rings (SSSR count). The highest BCUT2D eigenvalue weighted by molar-refractivity contribution is 6.11. The fourth-order valence-electron chi connectivity index (χ4n) is 2.72. The smallest absolute Gasteiger partial charge is 0.344 e. The monoisotopic (exact) mass is 411 g/mol. The van der Waals surface area contributed by atoms with E-state index in [1.54, 1.807) is 39.0 Å². The zero-order chi connectivity index (χ0) is 21.9. The summed E-state index contributed by atoms with van der Waals surface area (Å²) in [5.74, 6) is -0.778. The average molecular weight is 411 g/mol. The lowest BCUT2D eigenvalue weighted by Crippen LogP contribution is -2.27. The molecule has 1 aromatic heterocycles. The van der Waals surface area contributed by atoms with Crippen molar-refractivity contribution in [1.82, 2.24) is 9.78 Å². The molecule has 0 spiro atoms. The molecule has 0 aliphatic heterocycles. The Hall–Kier alpha value is -3.68. The fourth-order valence-corrected chi connectivity index (χ4v) is 2.72. The van der Waals surface area contributed by atoms with Crippen LogP contribution in [-0.4, -0.2) is 33.7 Å². The summed E-state index contributed by atoms with van der Waals surface area (Å²) in [5.41, 5.74) is 6.54. The van der Waals surface area contributed by atoms with E-state index in [4.69, 9.17) is 15.2 Å². The van der Waals surface area contributed by atoms with Gasteiger partial charge in [0.15, 0.2) is 12.4 Å². The lowest BCUT2D eigenvalue weighted by atomic mass is 10.1. The molecule has 7 nitrogen and oxygen atoms in total. The molecular weight excluding hydrogens is 389 g/mol. The van der Waals surface area contributed by atoms with E-state index in [9.17, 15) is 14.0 Å². The Morgan fingerprint density at radius 1 is 1.13 bits per heavy atom. The van der Waals surface area contributed by atoms with Crippen molar-refractivity contribution in [2.75, 3.05) is 12.3 Å². The quantitative estimate of drug-likeness (QED) is 0.492. The van der Waals surface area contributed by atoms with E-state index in [2.05, 4.69) is 5.10 Å². The summed E-state index contributed by atoms with van der Waals surface area (Å²) in [5, 5.41) is 4.13. The van der Waals surface area contributed by atoms with Crippen molar-refractivity contribution in [3.63, 3.8) is 0 Å². The number of carbonyl (C=O) groups is 2. The Bertz CT molecular complexity index is 1070. The molecule has 0 aliphatic carbocycles. The number of rotatable bonds is 6. The lowest BCUT2D eigenvalue weighted by Gasteiger charge is -2.19. The van der Waals surface area contributed by atoms with E-state index < -0.39 is 11.6 Å². The Kier molecular flexibility index (Phi) is 5.86. The zero-order valence-electron chi connectivity index (χ0n) is 16.9. The molecule has 8 heteroatoms. The molecule has 0 fully saturated rings. The van der Waals surface area contributed by atoms with Crippen LogP contribution in [0.4, 0.5) is 10.2 Å². The second kappa shape index (κ2) is 8.36. The van der Waals surface area contributed by atoms with Crippen molar-refractivity contribution < 1.29 is 23.5 Å². The van der Waals surface area contributed by atoms with E-state index in [1.165, 1.54) is 41.2 Å². The van der Waals surface area contributed by atoms with Crippen molar-refractivity contribution in [2.24, 2.45) is 0 Å². The number of hydrogen-bond acceptors (Lipinski definition) is 6. The predicted octanol–water partition coefficient (Wildman–Crippen LogP) is 3.55. The molecule has 0 aliphatic rings. The first-order valence-corrected chi connectivity index (χ1v) is 9.23. The van der Waals surface area contributed by atoms with Crippen LogP contribution in [0.5, 0.6) is 5.75 Å². The summed E-state index contributed by atoms with van der Waals surface area (Å²) in [4.78, 5) is 24.7. The van der Waals surface area contributed by atoms with Crippen molar-refractivity contribution in [1.29, 1.82) is 0 Å². The van der Waals surface area contributed by atoms with Gasteiger partial charge < -0.3 is 15.2 Å². The van der Waals surface area contributed by atoms with Crippen LogP contribution in [0.3, 0.4) is 0 Å². The molecule has 2 aromatic carbocycles. The van der Waals surface area contributed by atoms with E-state index in [1.807, 2.05) is 0 Å². The molecule has 0 saturated carbocycles. The summed E-state index contributed by atoms with van der Waals surface area (Å²) < 4.78 is 25.1. The second-order valence-electron chi connectivity index (χ2n) is 7.56. The summed E-state index contributed by atoms with van der Waals surface area (Å²) in [6, 6.07) is 12.0. The highest BCUT2D eigenvalue weighted by Crippen LogP contribution is 2.22. The first kappa shape index (κ1) is 21.0. The number of ketones is 1. The number of anilines is 1. The van der Waals surface area contributed by atoms with Crippen molar-refractivity contribution >= 4 is 17.6 Å². The van der Waals surface area contributed by atoms with Gasteiger partial charge in [-0.3, -0.25) is 4.79 Å². The van der Waals surface area contributed by atoms with Crippen LogP contribution in [-0.2, 0) is 9.53 Å². The van der Waals surface area contributed by atoms with Gasteiger partial charge in [-0.2, -0.15) is 5.10 Å². The van der Waals surface area contributed by atoms with Gasteiger partial charge >= 0.3 is 5.97 Å². The minimum Gasteiger partial charge on any atom is -0.482 e. The van der Waals surface area contributed by atoms with Crippen LogP contribution in [0.15, 0.2) is 54.7 Å². The first-order valence-electron chi connectivity index (χ1n) is 9.23. The van der Waals surface area contributed by atoms with E-state index in [0.29, 0.717) is 17.0 Å². The van der Waals surface area contributed by atoms with Crippen molar-refractivity contribution in [3.8, 4) is 11.4 Å². The minimum absolute atomic E-state index is 0.131. The van der Waals surface area contributed by atoms with Gasteiger partial charge in [0.2, 0.25) is 0 Å². The largest absolute Gasteiger partial charge is 0.482 e.